The predicted octanol–water partition coefficient (Wildman–Crippen LogP) is 1.34. The van der Waals surface area contributed by atoms with Crippen LogP contribution in [0.1, 0.15) is 32.6 Å². The summed E-state index contributed by atoms with van der Waals surface area (Å²) in [6.07, 6.45) is 4.13. The topological polar surface area (TPSA) is 47.6 Å². The summed E-state index contributed by atoms with van der Waals surface area (Å²) in [5, 5.41) is 3.05. The Balaban J connectivity index is 1.78. The van der Waals surface area contributed by atoms with Gasteiger partial charge in [0.05, 0.1) is 5.60 Å². The van der Waals surface area contributed by atoms with Crippen LogP contribution in [-0.4, -0.2) is 38.4 Å². The van der Waals surface area contributed by atoms with Gasteiger partial charge in [-0.1, -0.05) is 0 Å². The van der Waals surface area contributed by atoms with Gasteiger partial charge in [-0.25, -0.2) is 0 Å². The van der Waals surface area contributed by atoms with Gasteiger partial charge in [-0.15, -0.1) is 0 Å². The molecule has 0 radical (unpaired) electrons. The molecule has 1 atom stereocenters. The van der Waals surface area contributed by atoms with Gasteiger partial charge < -0.3 is 14.8 Å². The first-order chi connectivity index (χ1) is 8.15. The minimum atomic E-state index is -0.180. The summed E-state index contributed by atoms with van der Waals surface area (Å²) >= 11 is 0. The highest BCUT2D eigenvalue weighted by Crippen LogP contribution is 2.41. The van der Waals surface area contributed by atoms with Crippen LogP contribution in [0.5, 0.6) is 0 Å². The van der Waals surface area contributed by atoms with E-state index in [4.69, 9.17) is 9.47 Å². The number of carbonyl (C=O) groups excluding carboxylic acids is 1. The molecule has 2 rings (SSSR count). The van der Waals surface area contributed by atoms with E-state index in [9.17, 15) is 4.79 Å². The molecule has 0 unspecified atom stereocenters. The molecule has 1 aliphatic heterocycles. The zero-order chi connectivity index (χ0) is 12.3. The van der Waals surface area contributed by atoms with E-state index >= 15 is 0 Å². The summed E-state index contributed by atoms with van der Waals surface area (Å²) in [6, 6.07) is 0. The van der Waals surface area contributed by atoms with Crippen molar-refractivity contribution in [2.75, 3.05) is 26.9 Å². The molecule has 0 aromatic carbocycles. The van der Waals surface area contributed by atoms with Gasteiger partial charge in [0.25, 0.3) is 0 Å². The molecule has 2 aliphatic rings. The quantitative estimate of drug-likeness (QED) is 0.790. The van der Waals surface area contributed by atoms with Gasteiger partial charge in [-0.05, 0) is 38.5 Å². The molecular weight excluding hydrogens is 218 g/mol. The largest absolute Gasteiger partial charge is 0.381 e. The number of ether oxygens (including phenoxy) is 2. The summed E-state index contributed by atoms with van der Waals surface area (Å²) in [7, 11) is 1.74. The van der Waals surface area contributed by atoms with E-state index in [0.29, 0.717) is 25.7 Å². The number of amides is 1. The van der Waals surface area contributed by atoms with E-state index in [2.05, 4.69) is 12.2 Å². The van der Waals surface area contributed by atoms with Crippen molar-refractivity contribution in [1.82, 2.24) is 5.32 Å². The molecule has 0 aromatic heterocycles. The van der Waals surface area contributed by atoms with E-state index in [-0.39, 0.29) is 17.4 Å². The van der Waals surface area contributed by atoms with Gasteiger partial charge >= 0.3 is 0 Å². The third-order valence-corrected chi connectivity index (χ3v) is 4.11. The molecule has 1 N–H and O–H groups in total. The Morgan fingerprint density at radius 3 is 2.53 bits per heavy atom. The zero-order valence-corrected chi connectivity index (χ0v) is 10.8. The third kappa shape index (κ3) is 3.19. The van der Waals surface area contributed by atoms with Gasteiger partial charge in [0.2, 0.25) is 5.91 Å². The summed E-state index contributed by atoms with van der Waals surface area (Å²) in [6.45, 7) is 4.14. The van der Waals surface area contributed by atoms with Crippen molar-refractivity contribution >= 4 is 5.91 Å². The number of nitrogens with one attached hydrogen (secondary N) is 1. The Kier molecular flexibility index (Phi) is 4.05. The first-order valence-electron chi connectivity index (χ1n) is 6.56. The van der Waals surface area contributed by atoms with Gasteiger partial charge in [0, 0.05) is 32.8 Å². The maximum absolute atomic E-state index is 12.0. The van der Waals surface area contributed by atoms with Crippen molar-refractivity contribution in [1.29, 1.82) is 0 Å². The fraction of sp³-hybridized carbons (Fsp3) is 0.923. The van der Waals surface area contributed by atoms with Crippen LogP contribution in [0.2, 0.25) is 0 Å². The summed E-state index contributed by atoms with van der Waals surface area (Å²) in [5.74, 6) is 0.906. The van der Waals surface area contributed by atoms with Gasteiger partial charge in [0.15, 0.2) is 0 Å². The predicted molar refractivity (Wildman–Crippen MR) is 64.7 cm³/mol. The van der Waals surface area contributed by atoms with E-state index in [1.807, 2.05) is 0 Å². The van der Waals surface area contributed by atoms with E-state index in [1.54, 1.807) is 7.11 Å². The number of carbonyl (C=O) groups is 1. The fourth-order valence-electron chi connectivity index (χ4n) is 2.44. The second-order valence-corrected chi connectivity index (χ2v) is 5.40. The average Bonchev–Trinajstić information content (AvgIpc) is 3.21. The van der Waals surface area contributed by atoms with Crippen molar-refractivity contribution in [3.8, 4) is 0 Å². The van der Waals surface area contributed by atoms with Crippen molar-refractivity contribution in [2.45, 2.75) is 38.2 Å². The number of hydrogen-bond donors (Lipinski definition) is 1. The Bertz CT molecular complexity index is 272. The Labute approximate surface area is 103 Å². The van der Waals surface area contributed by atoms with Gasteiger partial charge in [-0.3, -0.25) is 4.79 Å². The first-order valence-corrected chi connectivity index (χ1v) is 6.56. The van der Waals surface area contributed by atoms with Gasteiger partial charge in [0.1, 0.15) is 0 Å². The molecule has 0 bridgehead atoms. The maximum Gasteiger partial charge on any atom is 0.223 e. The van der Waals surface area contributed by atoms with Crippen molar-refractivity contribution in [3.63, 3.8) is 0 Å². The molecule has 4 nitrogen and oxygen atoms in total. The lowest BCUT2D eigenvalue weighted by atomic mass is 9.97. The molecule has 1 aliphatic carbocycles. The van der Waals surface area contributed by atoms with Crippen molar-refractivity contribution in [2.24, 2.45) is 11.8 Å². The average molecular weight is 241 g/mol. The molecule has 1 heterocycles. The highest BCUT2D eigenvalue weighted by Gasteiger charge is 2.42. The monoisotopic (exact) mass is 241 g/mol. The molecule has 2 fully saturated rings. The van der Waals surface area contributed by atoms with Gasteiger partial charge in [-0.2, -0.15) is 0 Å². The molecule has 98 valence electrons. The molecular formula is C13H23NO3. The summed E-state index contributed by atoms with van der Waals surface area (Å²) in [4.78, 5) is 12.0. The Hall–Kier alpha value is -0.610. The van der Waals surface area contributed by atoms with Crippen LogP contribution in [0.25, 0.3) is 0 Å². The van der Waals surface area contributed by atoms with Crippen LogP contribution in [0.3, 0.4) is 0 Å². The summed E-state index contributed by atoms with van der Waals surface area (Å²) < 4.78 is 10.8. The van der Waals surface area contributed by atoms with E-state index < -0.39 is 0 Å². The van der Waals surface area contributed by atoms with Crippen LogP contribution in [0.4, 0.5) is 0 Å². The van der Waals surface area contributed by atoms with Crippen LogP contribution < -0.4 is 5.32 Å². The van der Waals surface area contributed by atoms with Crippen molar-refractivity contribution < 1.29 is 14.3 Å². The maximum atomic E-state index is 12.0. The standard InChI is InChI=1S/C13H23NO3/c1-13(16-2,11-3-4-11)9-14-12(15)10-5-7-17-8-6-10/h10-11H,3-9H2,1-2H3,(H,14,15)/t13-/m0/s1. The Morgan fingerprint density at radius 2 is 2.00 bits per heavy atom. The highest BCUT2D eigenvalue weighted by molar-refractivity contribution is 5.78. The second kappa shape index (κ2) is 5.36. The lowest BCUT2D eigenvalue weighted by Gasteiger charge is -2.30. The Morgan fingerprint density at radius 1 is 1.35 bits per heavy atom. The number of rotatable bonds is 5. The van der Waals surface area contributed by atoms with E-state index in [1.165, 1.54) is 12.8 Å². The minimum absolute atomic E-state index is 0.129. The molecule has 0 spiro atoms. The fourth-order valence-corrected chi connectivity index (χ4v) is 2.44. The number of hydrogen-bond acceptors (Lipinski definition) is 3. The lowest BCUT2D eigenvalue weighted by Crippen LogP contribution is -2.46. The molecule has 4 heteroatoms. The minimum Gasteiger partial charge on any atom is -0.381 e. The van der Waals surface area contributed by atoms with Crippen LogP contribution in [-0.2, 0) is 14.3 Å². The van der Waals surface area contributed by atoms with Crippen LogP contribution in [0.15, 0.2) is 0 Å². The number of methoxy groups -OCH3 is 1. The second-order valence-electron chi connectivity index (χ2n) is 5.40. The normalized spacial score (nSPS) is 25.3. The molecule has 1 saturated heterocycles. The first kappa shape index (κ1) is 12.8. The molecule has 17 heavy (non-hydrogen) atoms. The SMILES string of the molecule is CO[C@@](C)(CNC(=O)C1CCOCC1)C1CC1. The highest BCUT2D eigenvalue weighted by atomic mass is 16.5. The van der Waals surface area contributed by atoms with Crippen LogP contribution in [0, 0.1) is 11.8 Å². The smallest absolute Gasteiger partial charge is 0.223 e. The third-order valence-electron chi connectivity index (χ3n) is 4.11. The molecule has 1 saturated carbocycles. The van der Waals surface area contributed by atoms with Crippen molar-refractivity contribution in [3.05, 3.63) is 0 Å². The zero-order valence-electron chi connectivity index (χ0n) is 10.8. The van der Waals surface area contributed by atoms with Crippen LogP contribution >= 0.6 is 0 Å². The summed E-state index contributed by atoms with van der Waals surface area (Å²) in [5.41, 5.74) is -0.180. The molecule has 1 amide bonds. The molecule has 0 aromatic rings. The van der Waals surface area contributed by atoms with E-state index in [0.717, 1.165) is 12.8 Å². The lowest BCUT2D eigenvalue weighted by molar-refractivity contribution is -0.129.